The molecule has 9 heteroatoms. The number of ether oxygens (including phenoxy) is 1. The van der Waals surface area contributed by atoms with E-state index in [1.54, 1.807) is 12.1 Å². The van der Waals surface area contributed by atoms with E-state index in [2.05, 4.69) is 20.2 Å². The van der Waals surface area contributed by atoms with Gasteiger partial charge in [0, 0.05) is 37.0 Å². The van der Waals surface area contributed by atoms with Crippen molar-refractivity contribution in [2.45, 2.75) is 34.8 Å². The summed E-state index contributed by atoms with van der Waals surface area (Å²) in [5.41, 5.74) is 5.62. The first-order valence-electron chi connectivity index (χ1n) is 9.25. The zero-order valence-electron chi connectivity index (χ0n) is 15.4. The van der Waals surface area contributed by atoms with Gasteiger partial charge in [-0.2, -0.15) is 4.98 Å². The molecule has 2 aliphatic rings. The topological polar surface area (TPSA) is 93.4 Å². The minimum atomic E-state index is -0.299. The van der Waals surface area contributed by atoms with Crippen LogP contribution in [0.4, 0.5) is 16.2 Å². The lowest BCUT2D eigenvalue weighted by Gasteiger charge is -2.41. The van der Waals surface area contributed by atoms with E-state index in [1.807, 2.05) is 6.07 Å². The van der Waals surface area contributed by atoms with Gasteiger partial charge in [0.15, 0.2) is 0 Å². The van der Waals surface area contributed by atoms with Gasteiger partial charge in [0.2, 0.25) is 11.9 Å². The first-order valence-corrected chi connectivity index (χ1v) is 10.1. The summed E-state index contributed by atoms with van der Waals surface area (Å²) < 4.78 is 19.1. The number of nitrogens with two attached hydrogens (primary N) is 1. The van der Waals surface area contributed by atoms with Crippen molar-refractivity contribution in [3.63, 3.8) is 0 Å². The standard InChI is InChI=1S/C19H22FN5O2S/c20-13-1-3-14(4-2-13)28-17-11-15(23-18(21)24-17)25-8-6-19(7-9-25)12-22-16(26)5-10-27-19/h1-4,11H,5-10,12H2,(H,22,26)(H2,21,23,24). The maximum absolute atomic E-state index is 13.1. The van der Waals surface area contributed by atoms with Gasteiger partial charge in [-0.15, -0.1) is 0 Å². The number of aromatic nitrogens is 2. The largest absolute Gasteiger partial charge is 0.372 e. The third-order valence-electron chi connectivity index (χ3n) is 5.09. The quantitative estimate of drug-likeness (QED) is 0.759. The molecular formula is C19H22FN5O2S. The number of nitrogens with one attached hydrogen (secondary N) is 1. The Morgan fingerprint density at radius 3 is 2.71 bits per heavy atom. The van der Waals surface area contributed by atoms with Crippen LogP contribution in [0.2, 0.25) is 0 Å². The van der Waals surface area contributed by atoms with Crippen LogP contribution in [0.25, 0.3) is 0 Å². The number of piperidine rings is 1. The Bertz CT molecular complexity index is 856. The number of amides is 1. The van der Waals surface area contributed by atoms with Crippen molar-refractivity contribution in [1.82, 2.24) is 15.3 Å². The maximum atomic E-state index is 13.1. The summed E-state index contributed by atoms with van der Waals surface area (Å²) in [6, 6.07) is 8.16. The van der Waals surface area contributed by atoms with Crippen molar-refractivity contribution in [1.29, 1.82) is 0 Å². The first-order chi connectivity index (χ1) is 13.5. The molecule has 1 amide bonds. The van der Waals surface area contributed by atoms with Crippen molar-refractivity contribution in [3.05, 3.63) is 36.1 Å². The molecule has 1 spiro atoms. The van der Waals surface area contributed by atoms with Crippen LogP contribution in [0.1, 0.15) is 19.3 Å². The molecule has 2 saturated heterocycles. The smallest absolute Gasteiger partial charge is 0.223 e. The molecule has 0 unspecified atom stereocenters. The van der Waals surface area contributed by atoms with Gasteiger partial charge in [0.25, 0.3) is 0 Å². The van der Waals surface area contributed by atoms with Gasteiger partial charge < -0.3 is 20.7 Å². The van der Waals surface area contributed by atoms with E-state index in [0.717, 1.165) is 36.6 Å². The number of carbonyl (C=O) groups excluding carboxylic acids is 1. The molecule has 7 nitrogen and oxygen atoms in total. The van der Waals surface area contributed by atoms with Crippen molar-refractivity contribution < 1.29 is 13.9 Å². The van der Waals surface area contributed by atoms with E-state index >= 15 is 0 Å². The molecule has 3 heterocycles. The Labute approximate surface area is 166 Å². The van der Waals surface area contributed by atoms with Crippen LogP contribution in [-0.2, 0) is 9.53 Å². The van der Waals surface area contributed by atoms with Gasteiger partial charge in [0.05, 0.1) is 12.2 Å². The monoisotopic (exact) mass is 403 g/mol. The van der Waals surface area contributed by atoms with E-state index in [0.29, 0.717) is 24.6 Å². The SMILES string of the molecule is Nc1nc(Sc2ccc(F)cc2)cc(N2CCC3(CC2)CNC(=O)CCO3)n1. The number of hydrogen-bond acceptors (Lipinski definition) is 7. The number of nitrogen functional groups attached to an aromatic ring is 1. The zero-order valence-corrected chi connectivity index (χ0v) is 16.2. The van der Waals surface area contributed by atoms with E-state index < -0.39 is 0 Å². The highest BCUT2D eigenvalue weighted by Crippen LogP contribution is 2.32. The normalized spacial score (nSPS) is 19.3. The van der Waals surface area contributed by atoms with Crippen molar-refractivity contribution >= 4 is 29.4 Å². The molecule has 2 aromatic rings. The van der Waals surface area contributed by atoms with Crippen LogP contribution in [0.5, 0.6) is 0 Å². The molecule has 1 aromatic heterocycles. The molecule has 1 aromatic carbocycles. The predicted molar refractivity (Wildman–Crippen MR) is 105 cm³/mol. The molecule has 28 heavy (non-hydrogen) atoms. The second kappa shape index (κ2) is 7.92. The van der Waals surface area contributed by atoms with Gasteiger partial charge in [0.1, 0.15) is 16.7 Å². The molecular weight excluding hydrogens is 381 g/mol. The second-order valence-corrected chi connectivity index (χ2v) is 8.12. The minimum absolute atomic E-state index is 0.0466. The van der Waals surface area contributed by atoms with Crippen LogP contribution >= 0.6 is 11.8 Å². The molecule has 0 saturated carbocycles. The van der Waals surface area contributed by atoms with E-state index in [4.69, 9.17) is 10.5 Å². The number of halogens is 1. The first kappa shape index (κ1) is 18.9. The summed E-state index contributed by atoms with van der Waals surface area (Å²) >= 11 is 1.42. The predicted octanol–water partition coefficient (Wildman–Crippen LogP) is 2.22. The third kappa shape index (κ3) is 4.36. The van der Waals surface area contributed by atoms with Gasteiger partial charge in [-0.05, 0) is 37.1 Å². The molecule has 4 rings (SSSR count). The van der Waals surface area contributed by atoms with Gasteiger partial charge >= 0.3 is 0 Å². The highest BCUT2D eigenvalue weighted by Gasteiger charge is 2.37. The maximum Gasteiger partial charge on any atom is 0.223 e. The van der Waals surface area contributed by atoms with Crippen molar-refractivity contribution in [2.75, 3.05) is 36.9 Å². The molecule has 0 radical (unpaired) electrons. The molecule has 2 fully saturated rings. The summed E-state index contributed by atoms with van der Waals surface area (Å²) in [6.45, 7) is 2.53. The van der Waals surface area contributed by atoms with E-state index in [1.165, 1.54) is 23.9 Å². The Morgan fingerprint density at radius 1 is 1.21 bits per heavy atom. The second-order valence-electron chi connectivity index (χ2n) is 7.02. The number of carbonyl (C=O) groups is 1. The average Bonchev–Trinajstić information content (AvgIpc) is 2.86. The van der Waals surface area contributed by atoms with Crippen LogP contribution < -0.4 is 16.0 Å². The lowest BCUT2D eigenvalue weighted by molar-refractivity contribution is -0.120. The summed E-state index contributed by atoms with van der Waals surface area (Å²) in [6.07, 6.45) is 2.02. The Hall–Kier alpha value is -2.39. The number of rotatable bonds is 3. The fourth-order valence-electron chi connectivity index (χ4n) is 3.49. The highest BCUT2D eigenvalue weighted by atomic mass is 32.2. The van der Waals surface area contributed by atoms with Gasteiger partial charge in [-0.3, -0.25) is 4.79 Å². The van der Waals surface area contributed by atoms with E-state index in [-0.39, 0.29) is 23.3 Å². The fraction of sp³-hybridized carbons (Fsp3) is 0.421. The lowest BCUT2D eigenvalue weighted by atomic mass is 9.91. The fourth-order valence-corrected chi connectivity index (χ4v) is 4.31. The minimum Gasteiger partial charge on any atom is -0.372 e. The van der Waals surface area contributed by atoms with Crippen LogP contribution in [0.3, 0.4) is 0 Å². The number of hydrogen-bond donors (Lipinski definition) is 2. The molecule has 3 N–H and O–H groups in total. The number of anilines is 2. The molecule has 0 atom stereocenters. The molecule has 0 aliphatic carbocycles. The van der Waals surface area contributed by atoms with Crippen LogP contribution in [0, 0.1) is 5.82 Å². The summed E-state index contributed by atoms with van der Waals surface area (Å²) in [5.74, 6) is 0.752. The average molecular weight is 403 g/mol. The zero-order chi connectivity index (χ0) is 19.6. The van der Waals surface area contributed by atoms with Gasteiger partial charge in [-0.25, -0.2) is 9.37 Å². The lowest BCUT2D eigenvalue weighted by Crippen LogP contribution is -2.51. The molecule has 148 valence electrons. The number of benzene rings is 1. The Kier molecular flexibility index (Phi) is 5.36. The molecule has 2 aliphatic heterocycles. The van der Waals surface area contributed by atoms with E-state index in [9.17, 15) is 9.18 Å². The van der Waals surface area contributed by atoms with Crippen molar-refractivity contribution in [3.8, 4) is 0 Å². The molecule has 0 bridgehead atoms. The Morgan fingerprint density at radius 2 is 1.96 bits per heavy atom. The third-order valence-corrected chi connectivity index (χ3v) is 6.01. The number of nitrogens with zero attached hydrogens (tertiary/aromatic N) is 3. The Balaban J connectivity index is 1.45. The summed E-state index contributed by atoms with van der Waals surface area (Å²) in [5, 5.41) is 3.67. The highest BCUT2D eigenvalue weighted by molar-refractivity contribution is 7.99. The van der Waals surface area contributed by atoms with Crippen LogP contribution in [-0.4, -0.2) is 47.7 Å². The van der Waals surface area contributed by atoms with Crippen molar-refractivity contribution in [2.24, 2.45) is 0 Å². The van der Waals surface area contributed by atoms with Crippen LogP contribution in [0.15, 0.2) is 40.3 Å². The summed E-state index contributed by atoms with van der Waals surface area (Å²) in [4.78, 5) is 23.3. The summed E-state index contributed by atoms with van der Waals surface area (Å²) in [7, 11) is 0. The van der Waals surface area contributed by atoms with Gasteiger partial charge in [-0.1, -0.05) is 11.8 Å².